The molecule has 3 N–H and O–H groups in total. The second-order valence-electron chi connectivity index (χ2n) is 10.3. The molecule has 0 radical (unpaired) electrons. The van der Waals surface area contributed by atoms with Crippen molar-refractivity contribution in [2.75, 3.05) is 0 Å². The summed E-state index contributed by atoms with van der Waals surface area (Å²) in [4.78, 5) is 23.6. The van der Waals surface area contributed by atoms with Crippen LogP contribution in [0.3, 0.4) is 0 Å². The number of rotatable bonds is 2. The maximum atomic E-state index is 12.0. The normalized spacial score (nSPS) is 48.6. The molecule has 0 amide bonds. The van der Waals surface area contributed by atoms with E-state index in [0.29, 0.717) is 29.0 Å². The Hall–Kier alpha value is -0.900. The van der Waals surface area contributed by atoms with Gasteiger partial charge in [-0.25, -0.2) is 0 Å². The molecule has 0 saturated heterocycles. The van der Waals surface area contributed by atoms with Crippen LogP contribution < -0.4 is 0 Å². The van der Waals surface area contributed by atoms with E-state index in [1.54, 1.807) is 0 Å². The minimum Gasteiger partial charge on any atom is -0.481 e. The molecule has 4 aliphatic rings. The summed E-state index contributed by atoms with van der Waals surface area (Å²) in [5.74, 6) is 2.83. The Bertz CT molecular complexity index is 587. The number of hydrogen-bond donors (Lipinski definition) is 1. The van der Waals surface area contributed by atoms with Crippen LogP contribution >= 0.6 is 0 Å². The maximum Gasteiger partial charge on any atom is 0.306 e. The van der Waals surface area contributed by atoms with Gasteiger partial charge in [0.25, 0.3) is 0 Å². The molecule has 0 aromatic heterocycles. The molecule has 148 valence electrons. The van der Waals surface area contributed by atoms with Gasteiger partial charge in [0.2, 0.25) is 0 Å². The van der Waals surface area contributed by atoms with E-state index in [4.69, 9.17) is 0 Å². The zero-order valence-electron chi connectivity index (χ0n) is 16.6. The smallest absolute Gasteiger partial charge is 0.306 e. The Morgan fingerprint density at radius 1 is 1.04 bits per heavy atom. The molecular formula is C22H36O4. The van der Waals surface area contributed by atoms with Crippen molar-refractivity contribution in [3.63, 3.8) is 0 Å². The zero-order valence-corrected chi connectivity index (χ0v) is 16.6. The predicted octanol–water partition coefficient (Wildman–Crippen LogP) is 4.11. The average Bonchev–Trinajstić information content (AvgIpc) is 2.92. The number of aliphatic carboxylic acids is 1. The number of carbonyl (C=O) groups excluding carboxylic acids is 1. The van der Waals surface area contributed by atoms with Crippen molar-refractivity contribution >= 4 is 11.8 Å². The number of carboxylic acids is 1. The van der Waals surface area contributed by atoms with Crippen LogP contribution in [0.1, 0.15) is 78.6 Å². The lowest BCUT2D eigenvalue weighted by Crippen LogP contribution is -2.54. The molecule has 0 bridgehead atoms. The third kappa shape index (κ3) is 2.66. The summed E-state index contributed by atoms with van der Waals surface area (Å²) < 4.78 is 0. The molecule has 0 aromatic carbocycles. The summed E-state index contributed by atoms with van der Waals surface area (Å²) in [7, 11) is 0. The van der Waals surface area contributed by atoms with Gasteiger partial charge < -0.3 is 10.6 Å². The number of carbonyl (C=O) groups is 2. The monoisotopic (exact) mass is 364 g/mol. The molecule has 0 unspecified atom stereocenters. The molecule has 4 rings (SSSR count). The minimum absolute atomic E-state index is 0. The quantitative estimate of drug-likeness (QED) is 0.800. The van der Waals surface area contributed by atoms with E-state index < -0.39 is 5.97 Å². The Balaban J connectivity index is 0.00000196. The molecule has 26 heavy (non-hydrogen) atoms. The van der Waals surface area contributed by atoms with Crippen LogP contribution in [0.4, 0.5) is 0 Å². The molecule has 8 atom stereocenters. The molecule has 4 heteroatoms. The number of carboxylic acid groups (broad SMARTS) is 1. The summed E-state index contributed by atoms with van der Waals surface area (Å²) in [6, 6.07) is 0. The van der Waals surface area contributed by atoms with Crippen molar-refractivity contribution in [3.05, 3.63) is 0 Å². The Kier molecular flexibility index (Phi) is 5.05. The standard InChI is InChI=1S/C22H34O3.H2O/c1-13(20(24)25)17-6-7-18-16-5-4-14-12-15(23)8-10-21(14,2)19(16)9-11-22(17,18)3;/h13-14,16-19H,4-12H2,1-3H3,(H,24,25);1H2/t13-,14-,16-,17+,18-,19-,21-,22+;/m0./s1. The number of ketones is 1. The van der Waals surface area contributed by atoms with Gasteiger partial charge in [-0.3, -0.25) is 9.59 Å². The van der Waals surface area contributed by atoms with Crippen molar-refractivity contribution in [2.45, 2.75) is 78.6 Å². The second kappa shape index (κ2) is 6.61. The number of hydrogen-bond acceptors (Lipinski definition) is 2. The molecule has 0 spiro atoms. The first-order valence-electron chi connectivity index (χ1n) is 10.5. The molecule has 0 heterocycles. The summed E-state index contributed by atoms with van der Waals surface area (Å²) in [5, 5.41) is 9.57. The Labute approximate surface area is 157 Å². The molecule has 0 aliphatic heterocycles. The van der Waals surface area contributed by atoms with Crippen LogP contribution in [0.15, 0.2) is 0 Å². The van der Waals surface area contributed by atoms with Crippen molar-refractivity contribution in [1.29, 1.82) is 0 Å². The highest BCUT2D eigenvalue weighted by atomic mass is 16.4. The highest BCUT2D eigenvalue weighted by Crippen LogP contribution is 2.68. The predicted molar refractivity (Wildman–Crippen MR) is 101 cm³/mol. The van der Waals surface area contributed by atoms with Crippen LogP contribution in [0.2, 0.25) is 0 Å². The van der Waals surface area contributed by atoms with Gasteiger partial charge in [-0.15, -0.1) is 0 Å². The van der Waals surface area contributed by atoms with Gasteiger partial charge in [-0.2, -0.15) is 0 Å². The maximum absolute atomic E-state index is 12.0. The summed E-state index contributed by atoms with van der Waals surface area (Å²) in [6.45, 7) is 6.82. The van der Waals surface area contributed by atoms with E-state index in [1.807, 2.05) is 6.92 Å². The Morgan fingerprint density at radius 3 is 2.42 bits per heavy atom. The molecule has 0 aromatic rings. The lowest BCUT2D eigenvalue weighted by atomic mass is 9.44. The third-order valence-electron chi connectivity index (χ3n) is 9.55. The highest BCUT2D eigenvalue weighted by molar-refractivity contribution is 5.79. The van der Waals surface area contributed by atoms with Gasteiger partial charge in [0.05, 0.1) is 5.92 Å². The first-order valence-corrected chi connectivity index (χ1v) is 10.5. The minimum atomic E-state index is -0.615. The summed E-state index contributed by atoms with van der Waals surface area (Å²) in [6.07, 6.45) is 9.95. The van der Waals surface area contributed by atoms with E-state index >= 15 is 0 Å². The van der Waals surface area contributed by atoms with Gasteiger partial charge >= 0.3 is 5.97 Å². The van der Waals surface area contributed by atoms with Crippen molar-refractivity contribution in [2.24, 2.45) is 46.3 Å². The molecule has 4 nitrogen and oxygen atoms in total. The van der Waals surface area contributed by atoms with E-state index in [2.05, 4.69) is 13.8 Å². The van der Waals surface area contributed by atoms with E-state index in [-0.39, 0.29) is 16.8 Å². The van der Waals surface area contributed by atoms with Crippen molar-refractivity contribution < 1.29 is 20.2 Å². The Morgan fingerprint density at radius 2 is 1.73 bits per heavy atom. The molecule has 4 fully saturated rings. The number of fused-ring (bicyclic) bond motifs is 5. The van der Waals surface area contributed by atoms with Gasteiger partial charge in [0, 0.05) is 12.8 Å². The fourth-order valence-electron chi connectivity index (χ4n) is 8.08. The van der Waals surface area contributed by atoms with E-state index in [1.165, 1.54) is 32.1 Å². The fourth-order valence-corrected chi connectivity index (χ4v) is 8.08. The van der Waals surface area contributed by atoms with Gasteiger partial charge in [0.15, 0.2) is 0 Å². The van der Waals surface area contributed by atoms with Crippen molar-refractivity contribution in [1.82, 2.24) is 0 Å². The zero-order chi connectivity index (χ0) is 18.0. The van der Waals surface area contributed by atoms with Gasteiger partial charge in [-0.05, 0) is 85.4 Å². The third-order valence-corrected chi connectivity index (χ3v) is 9.55. The molecule has 4 aliphatic carbocycles. The lowest BCUT2D eigenvalue weighted by molar-refractivity contribution is -0.149. The van der Waals surface area contributed by atoms with E-state index in [0.717, 1.165) is 37.5 Å². The van der Waals surface area contributed by atoms with Crippen LogP contribution in [-0.2, 0) is 9.59 Å². The van der Waals surface area contributed by atoms with Gasteiger partial charge in [-0.1, -0.05) is 20.8 Å². The van der Waals surface area contributed by atoms with Crippen LogP contribution in [0.5, 0.6) is 0 Å². The molecule has 4 saturated carbocycles. The molecular weight excluding hydrogens is 328 g/mol. The second-order valence-corrected chi connectivity index (χ2v) is 10.3. The number of Topliss-reactive ketones (excluding diaryl/α,β-unsaturated/α-hetero) is 1. The fraction of sp³-hybridized carbons (Fsp3) is 0.909. The SMILES string of the molecule is C[C@H](C(=O)O)[C@H]1CC[C@H]2[C@@H]3CC[C@H]4CC(=O)CC[C@]4(C)[C@H]3CC[C@]12C.O. The van der Waals surface area contributed by atoms with Crippen LogP contribution in [0.25, 0.3) is 0 Å². The van der Waals surface area contributed by atoms with Crippen LogP contribution in [0, 0.1) is 46.3 Å². The summed E-state index contributed by atoms with van der Waals surface area (Å²) >= 11 is 0. The summed E-state index contributed by atoms with van der Waals surface area (Å²) in [5.41, 5.74) is 0.571. The van der Waals surface area contributed by atoms with Gasteiger partial charge in [0.1, 0.15) is 5.78 Å². The van der Waals surface area contributed by atoms with Crippen LogP contribution in [-0.4, -0.2) is 22.3 Å². The average molecular weight is 365 g/mol. The first kappa shape index (κ1) is 19.9. The lowest BCUT2D eigenvalue weighted by Gasteiger charge is -2.60. The first-order chi connectivity index (χ1) is 11.8. The van der Waals surface area contributed by atoms with E-state index in [9.17, 15) is 14.7 Å². The highest BCUT2D eigenvalue weighted by Gasteiger charge is 2.61. The van der Waals surface area contributed by atoms with Crippen molar-refractivity contribution in [3.8, 4) is 0 Å². The largest absolute Gasteiger partial charge is 0.481 e. The topological polar surface area (TPSA) is 85.9 Å².